The topological polar surface area (TPSA) is 0 Å². The van der Waals surface area contributed by atoms with Crippen LogP contribution in [-0.2, 0) is 0 Å². The first-order valence-electron chi connectivity index (χ1n) is 5.38. The van der Waals surface area contributed by atoms with Gasteiger partial charge >= 0.3 is 0 Å². The summed E-state index contributed by atoms with van der Waals surface area (Å²) < 4.78 is 0. The molecule has 0 fully saturated rings. The van der Waals surface area contributed by atoms with Crippen LogP contribution in [0.4, 0.5) is 0 Å². The minimum atomic E-state index is 0.957. The number of unbranched alkanes of at least 4 members (excludes halogenated alkanes) is 2. The maximum Gasteiger partial charge on any atom is 0.0255 e. The van der Waals surface area contributed by atoms with Gasteiger partial charge in [0.1, 0.15) is 0 Å². The molecule has 0 N–H and O–H groups in total. The summed E-state index contributed by atoms with van der Waals surface area (Å²) >= 11 is 0. The molecule has 0 heteroatoms. The number of hydrogen-bond donors (Lipinski definition) is 0. The minimum Gasteiger partial charge on any atom is -0.0891 e. The molecule has 0 nitrogen and oxygen atoms in total. The van der Waals surface area contributed by atoms with Crippen LogP contribution in [-0.4, -0.2) is 0 Å². The third-order valence-electron chi connectivity index (χ3n) is 2.06. The summed E-state index contributed by atoms with van der Waals surface area (Å²) in [6, 6.07) is 8.18. The highest BCUT2D eigenvalue weighted by Crippen LogP contribution is 2.00. The van der Waals surface area contributed by atoms with E-state index in [1.54, 1.807) is 0 Å². The Bertz CT molecular complexity index is 401. The average molecular weight is 196 g/mol. The number of hydrogen-bond acceptors (Lipinski definition) is 0. The molecule has 0 unspecified atom stereocenters. The summed E-state index contributed by atoms with van der Waals surface area (Å²) in [5.41, 5.74) is 2.29. The summed E-state index contributed by atoms with van der Waals surface area (Å²) in [5.74, 6) is 11.8. The van der Waals surface area contributed by atoms with Crippen molar-refractivity contribution in [1.29, 1.82) is 0 Å². The maximum absolute atomic E-state index is 3.04. The molecule has 1 rings (SSSR count). The van der Waals surface area contributed by atoms with E-state index >= 15 is 0 Å². The number of benzene rings is 1. The molecule has 1 aromatic carbocycles. The van der Waals surface area contributed by atoms with Gasteiger partial charge in [0.15, 0.2) is 0 Å². The fraction of sp³-hybridized carbons (Fsp3) is 0.333. The standard InChI is InChI=1S/C15H16/c1-3-4-5-6-7-8-9-15-12-10-14(2)11-13-15/h10-13H,3-5H2,1-2H3. The van der Waals surface area contributed by atoms with Gasteiger partial charge < -0.3 is 0 Å². The van der Waals surface area contributed by atoms with Gasteiger partial charge in [0.25, 0.3) is 0 Å². The van der Waals surface area contributed by atoms with Crippen molar-refractivity contribution in [3.05, 3.63) is 35.4 Å². The SMILES string of the molecule is CCCCC#CC#Cc1ccc(C)cc1. The van der Waals surface area contributed by atoms with Gasteiger partial charge in [-0.05, 0) is 37.3 Å². The lowest BCUT2D eigenvalue weighted by atomic mass is 10.1. The molecule has 0 amide bonds. The first-order valence-corrected chi connectivity index (χ1v) is 5.38. The molecule has 0 saturated heterocycles. The van der Waals surface area contributed by atoms with E-state index in [-0.39, 0.29) is 0 Å². The predicted octanol–water partition coefficient (Wildman–Crippen LogP) is 3.54. The summed E-state index contributed by atoms with van der Waals surface area (Å²) in [4.78, 5) is 0. The monoisotopic (exact) mass is 196 g/mol. The highest BCUT2D eigenvalue weighted by atomic mass is 13.9. The van der Waals surface area contributed by atoms with Crippen molar-refractivity contribution >= 4 is 0 Å². The molecule has 0 aliphatic carbocycles. The Kier molecular flexibility index (Phi) is 5.13. The predicted molar refractivity (Wildman–Crippen MR) is 65.4 cm³/mol. The summed E-state index contributed by atoms with van der Waals surface area (Å²) in [7, 11) is 0. The molecule has 0 heterocycles. The molecule has 0 atom stereocenters. The lowest BCUT2D eigenvalue weighted by Crippen LogP contribution is -1.74. The van der Waals surface area contributed by atoms with Crippen LogP contribution in [0.1, 0.15) is 37.3 Å². The van der Waals surface area contributed by atoms with E-state index in [4.69, 9.17) is 0 Å². The Balaban J connectivity index is 2.50. The fourth-order valence-corrected chi connectivity index (χ4v) is 1.11. The summed E-state index contributed by atoms with van der Waals surface area (Å²) in [6.07, 6.45) is 3.32. The lowest BCUT2D eigenvalue weighted by molar-refractivity contribution is 0.828. The van der Waals surface area contributed by atoms with Crippen LogP contribution in [0, 0.1) is 30.6 Å². The van der Waals surface area contributed by atoms with Gasteiger partial charge in [0.2, 0.25) is 0 Å². The maximum atomic E-state index is 3.04. The average Bonchev–Trinajstić information content (AvgIpc) is 2.26. The van der Waals surface area contributed by atoms with Gasteiger partial charge in [-0.25, -0.2) is 0 Å². The van der Waals surface area contributed by atoms with E-state index in [1.165, 1.54) is 18.4 Å². The highest BCUT2D eigenvalue weighted by molar-refractivity contribution is 5.40. The molecule has 76 valence electrons. The zero-order valence-corrected chi connectivity index (χ0v) is 9.43. The van der Waals surface area contributed by atoms with Crippen LogP contribution < -0.4 is 0 Å². The van der Waals surface area contributed by atoms with E-state index in [1.807, 2.05) is 12.1 Å². The van der Waals surface area contributed by atoms with Crippen LogP contribution in [0.15, 0.2) is 24.3 Å². The molecule has 0 aromatic heterocycles. The molecular weight excluding hydrogens is 180 g/mol. The molecule has 0 spiro atoms. The van der Waals surface area contributed by atoms with Gasteiger partial charge in [0, 0.05) is 12.0 Å². The van der Waals surface area contributed by atoms with E-state index in [0.29, 0.717) is 0 Å². The molecule has 0 aliphatic heterocycles. The lowest BCUT2D eigenvalue weighted by Gasteiger charge is -1.90. The third-order valence-corrected chi connectivity index (χ3v) is 2.06. The molecule has 15 heavy (non-hydrogen) atoms. The van der Waals surface area contributed by atoms with Gasteiger partial charge in [-0.3, -0.25) is 0 Å². The molecule has 1 aromatic rings. The van der Waals surface area contributed by atoms with Crippen LogP contribution in [0.25, 0.3) is 0 Å². The quantitative estimate of drug-likeness (QED) is 0.501. The van der Waals surface area contributed by atoms with Crippen molar-refractivity contribution in [2.45, 2.75) is 33.1 Å². The van der Waals surface area contributed by atoms with Gasteiger partial charge in [0.05, 0.1) is 0 Å². The van der Waals surface area contributed by atoms with Crippen molar-refractivity contribution in [3.8, 4) is 23.7 Å². The Morgan fingerprint density at radius 2 is 1.80 bits per heavy atom. The minimum absolute atomic E-state index is 0.957. The molecule has 0 bridgehead atoms. The van der Waals surface area contributed by atoms with E-state index in [0.717, 1.165) is 12.0 Å². The van der Waals surface area contributed by atoms with Gasteiger partial charge in [-0.15, -0.1) is 0 Å². The van der Waals surface area contributed by atoms with E-state index in [2.05, 4.69) is 49.7 Å². The van der Waals surface area contributed by atoms with E-state index < -0.39 is 0 Å². The van der Waals surface area contributed by atoms with Crippen LogP contribution in [0.3, 0.4) is 0 Å². The Labute approximate surface area is 92.7 Å². The highest BCUT2D eigenvalue weighted by Gasteiger charge is 1.84. The third kappa shape index (κ3) is 4.94. The second kappa shape index (κ2) is 6.74. The number of rotatable bonds is 2. The largest absolute Gasteiger partial charge is 0.0891 e. The molecule has 0 aliphatic rings. The summed E-state index contributed by atoms with van der Waals surface area (Å²) in [6.45, 7) is 4.24. The van der Waals surface area contributed by atoms with Gasteiger partial charge in [-0.2, -0.15) is 0 Å². The normalized spacial score (nSPS) is 8.40. The second-order valence-corrected chi connectivity index (χ2v) is 3.52. The van der Waals surface area contributed by atoms with Crippen molar-refractivity contribution in [3.63, 3.8) is 0 Å². The first-order chi connectivity index (χ1) is 7.33. The smallest absolute Gasteiger partial charge is 0.0255 e. The number of aryl methyl sites for hydroxylation is 1. The van der Waals surface area contributed by atoms with Crippen LogP contribution >= 0.6 is 0 Å². The van der Waals surface area contributed by atoms with Crippen molar-refractivity contribution in [1.82, 2.24) is 0 Å². The zero-order valence-electron chi connectivity index (χ0n) is 9.43. The van der Waals surface area contributed by atoms with Crippen LogP contribution in [0.2, 0.25) is 0 Å². The zero-order chi connectivity index (χ0) is 10.9. The molecule has 0 saturated carbocycles. The molecule has 0 radical (unpaired) electrons. The van der Waals surface area contributed by atoms with Crippen molar-refractivity contribution in [2.24, 2.45) is 0 Å². The van der Waals surface area contributed by atoms with Crippen molar-refractivity contribution < 1.29 is 0 Å². The Morgan fingerprint density at radius 1 is 1.07 bits per heavy atom. The van der Waals surface area contributed by atoms with Crippen LogP contribution in [0.5, 0.6) is 0 Å². The summed E-state index contributed by atoms with van der Waals surface area (Å²) in [5, 5.41) is 0. The van der Waals surface area contributed by atoms with E-state index in [9.17, 15) is 0 Å². The van der Waals surface area contributed by atoms with Crippen molar-refractivity contribution in [2.75, 3.05) is 0 Å². The molecular formula is C15H16. The fourth-order valence-electron chi connectivity index (χ4n) is 1.11. The Morgan fingerprint density at radius 3 is 2.47 bits per heavy atom. The van der Waals surface area contributed by atoms with Gasteiger partial charge in [-0.1, -0.05) is 42.9 Å². The second-order valence-electron chi connectivity index (χ2n) is 3.52. The first kappa shape index (κ1) is 11.4. The Hall–Kier alpha value is -1.66.